The van der Waals surface area contributed by atoms with Crippen LogP contribution in [0.2, 0.25) is 5.15 Å². The van der Waals surface area contributed by atoms with E-state index in [2.05, 4.69) is 53.1 Å². The lowest BCUT2D eigenvalue weighted by Crippen LogP contribution is -2.10. The monoisotopic (exact) mass is 361 g/mol. The first kappa shape index (κ1) is 16.7. The molecule has 6 nitrogen and oxygen atoms in total. The minimum atomic E-state index is 0.0978. The quantitative estimate of drug-likeness (QED) is 0.698. The highest BCUT2D eigenvalue weighted by Gasteiger charge is 2.15. The van der Waals surface area contributed by atoms with Crippen LogP contribution < -0.4 is 5.73 Å². The summed E-state index contributed by atoms with van der Waals surface area (Å²) in [6, 6.07) is 9.67. The van der Waals surface area contributed by atoms with Gasteiger partial charge in [0.1, 0.15) is 10.2 Å². The van der Waals surface area contributed by atoms with Crippen molar-refractivity contribution in [2.75, 3.05) is 5.73 Å². The van der Waals surface area contributed by atoms with Crippen molar-refractivity contribution < 1.29 is 4.42 Å². The van der Waals surface area contributed by atoms with Crippen molar-refractivity contribution >= 4 is 29.3 Å². The highest BCUT2D eigenvalue weighted by molar-refractivity contribution is 7.99. The second-order valence-electron chi connectivity index (χ2n) is 6.19. The fourth-order valence-corrected chi connectivity index (χ4v) is 2.98. The normalized spacial score (nSPS) is 11.7. The SMILES string of the molecule is CC(C)(C)c1ccc(-c2nnc(Sc3cc(Cl)nc(N)n3)o2)cc1. The van der Waals surface area contributed by atoms with Crippen LogP contribution in [0.5, 0.6) is 0 Å². The van der Waals surface area contributed by atoms with Gasteiger partial charge in [-0.25, -0.2) is 9.97 Å². The third-order valence-corrected chi connectivity index (χ3v) is 4.24. The molecule has 0 fully saturated rings. The first-order valence-electron chi connectivity index (χ1n) is 7.23. The molecule has 0 saturated heterocycles. The van der Waals surface area contributed by atoms with Crippen molar-refractivity contribution in [3.63, 3.8) is 0 Å². The van der Waals surface area contributed by atoms with Crippen LogP contribution in [-0.2, 0) is 5.41 Å². The fraction of sp³-hybridized carbons (Fsp3) is 0.250. The van der Waals surface area contributed by atoms with Crippen molar-refractivity contribution in [2.24, 2.45) is 0 Å². The molecule has 24 heavy (non-hydrogen) atoms. The molecular formula is C16H16ClN5OS. The molecule has 0 spiro atoms. The van der Waals surface area contributed by atoms with Gasteiger partial charge in [0.05, 0.1) is 0 Å². The number of hydrogen-bond acceptors (Lipinski definition) is 7. The summed E-state index contributed by atoms with van der Waals surface area (Å²) in [5.74, 6) is 0.550. The number of nitrogens with zero attached hydrogens (tertiary/aromatic N) is 4. The second kappa shape index (κ2) is 6.41. The fourth-order valence-electron chi connectivity index (χ4n) is 2.04. The van der Waals surface area contributed by atoms with Gasteiger partial charge in [0.15, 0.2) is 0 Å². The van der Waals surface area contributed by atoms with Crippen LogP contribution in [0.25, 0.3) is 11.5 Å². The minimum absolute atomic E-state index is 0.0978. The van der Waals surface area contributed by atoms with Crippen LogP contribution in [0.3, 0.4) is 0 Å². The van der Waals surface area contributed by atoms with Gasteiger partial charge in [-0.3, -0.25) is 0 Å². The molecule has 0 saturated carbocycles. The summed E-state index contributed by atoms with van der Waals surface area (Å²) < 4.78 is 5.68. The highest BCUT2D eigenvalue weighted by Crippen LogP contribution is 2.30. The van der Waals surface area contributed by atoms with Crippen LogP contribution in [0, 0.1) is 0 Å². The molecule has 2 aromatic heterocycles. The molecule has 2 heterocycles. The first-order chi connectivity index (χ1) is 11.3. The maximum atomic E-state index is 5.86. The third kappa shape index (κ3) is 3.85. The first-order valence-corrected chi connectivity index (χ1v) is 8.43. The van der Waals surface area contributed by atoms with Crippen molar-refractivity contribution in [1.82, 2.24) is 20.2 Å². The van der Waals surface area contributed by atoms with E-state index in [4.69, 9.17) is 21.8 Å². The molecular weight excluding hydrogens is 346 g/mol. The largest absolute Gasteiger partial charge is 0.411 e. The Morgan fingerprint density at radius 2 is 1.79 bits per heavy atom. The van der Waals surface area contributed by atoms with Crippen LogP contribution in [0.1, 0.15) is 26.3 Å². The average molecular weight is 362 g/mol. The molecule has 0 atom stereocenters. The Kier molecular flexibility index (Phi) is 4.47. The summed E-state index contributed by atoms with van der Waals surface area (Å²) in [6.07, 6.45) is 0. The van der Waals surface area contributed by atoms with Crippen LogP contribution in [-0.4, -0.2) is 20.2 Å². The van der Waals surface area contributed by atoms with E-state index in [-0.39, 0.29) is 16.5 Å². The van der Waals surface area contributed by atoms with Crippen molar-refractivity contribution in [2.45, 2.75) is 36.4 Å². The lowest BCUT2D eigenvalue weighted by Gasteiger charge is -2.18. The molecule has 0 unspecified atom stereocenters. The molecule has 0 aliphatic rings. The van der Waals surface area contributed by atoms with E-state index in [9.17, 15) is 0 Å². The van der Waals surface area contributed by atoms with Crippen LogP contribution in [0.4, 0.5) is 5.95 Å². The Labute approximate surface area is 148 Å². The summed E-state index contributed by atoms with van der Waals surface area (Å²) in [7, 11) is 0. The smallest absolute Gasteiger partial charge is 0.283 e. The number of nitrogens with two attached hydrogens (primary N) is 1. The molecule has 1 aromatic carbocycles. The molecule has 0 aliphatic carbocycles. The Balaban J connectivity index is 1.80. The predicted octanol–water partition coefficient (Wildman–Crippen LogP) is 4.21. The summed E-state index contributed by atoms with van der Waals surface area (Å²) in [6.45, 7) is 6.51. The summed E-state index contributed by atoms with van der Waals surface area (Å²) in [4.78, 5) is 7.88. The molecule has 3 rings (SSSR count). The summed E-state index contributed by atoms with van der Waals surface area (Å²) in [5.41, 5.74) is 7.78. The van der Waals surface area contributed by atoms with E-state index in [0.717, 1.165) is 5.56 Å². The molecule has 8 heteroatoms. The Morgan fingerprint density at radius 1 is 1.08 bits per heavy atom. The van der Waals surface area contributed by atoms with E-state index in [1.54, 1.807) is 6.07 Å². The van der Waals surface area contributed by atoms with Crippen molar-refractivity contribution in [3.05, 3.63) is 41.0 Å². The zero-order valence-corrected chi connectivity index (χ0v) is 15.0. The third-order valence-electron chi connectivity index (χ3n) is 3.28. The standard InChI is InChI=1S/C16H16ClN5OS/c1-16(2,3)10-6-4-9(5-7-10)13-21-22-15(23-13)24-12-8-11(17)19-14(18)20-12/h4-8H,1-3H3,(H2,18,19,20). The maximum absolute atomic E-state index is 5.86. The number of anilines is 1. The van der Waals surface area contributed by atoms with Gasteiger partial charge < -0.3 is 10.2 Å². The Hall–Kier alpha value is -2.12. The van der Waals surface area contributed by atoms with Gasteiger partial charge in [-0.15, -0.1) is 10.2 Å². The van der Waals surface area contributed by atoms with E-state index in [1.165, 1.54) is 17.3 Å². The number of rotatable bonds is 3. The maximum Gasteiger partial charge on any atom is 0.283 e. The van der Waals surface area contributed by atoms with Crippen LogP contribution >= 0.6 is 23.4 Å². The molecule has 0 bridgehead atoms. The lowest BCUT2D eigenvalue weighted by molar-refractivity contribution is 0.465. The van der Waals surface area contributed by atoms with Gasteiger partial charge in [-0.1, -0.05) is 44.5 Å². The molecule has 0 amide bonds. The van der Waals surface area contributed by atoms with Gasteiger partial charge in [0.25, 0.3) is 5.22 Å². The van der Waals surface area contributed by atoms with Gasteiger partial charge in [0, 0.05) is 11.6 Å². The van der Waals surface area contributed by atoms with Gasteiger partial charge in [-0.05, 0) is 34.9 Å². The number of halogens is 1. The van der Waals surface area contributed by atoms with Crippen molar-refractivity contribution in [1.29, 1.82) is 0 Å². The number of hydrogen-bond donors (Lipinski definition) is 1. The average Bonchev–Trinajstić information content (AvgIpc) is 2.94. The summed E-state index contributed by atoms with van der Waals surface area (Å²) in [5, 5.41) is 9.27. The molecule has 0 radical (unpaired) electrons. The van der Waals surface area contributed by atoms with Gasteiger partial charge in [0.2, 0.25) is 11.8 Å². The van der Waals surface area contributed by atoms with Gasteiger partial charge >= 0.3 is 0 Å². The zero-order valence-electron chi connectivity index (χ0n) is 13.4. The van der Waals surface area contributed by atoms with Gasteiger partial charge in [-0.2, -0.15) is 0 Å². The van der Waals surface area contributed by atoms with E-state index >= 15 is 0 Å². The zero-order chi connectivity index (χ0) is 17.3. The van der Waals surface area contributed by atoms with E-state index in [0.29, 0.717) is 16.1 Å². The predicted molar refractivity (Wildman–Crippen MR) is 94.0 cm³/mol. The number of aromatic nitrogens is 4. The minimum Gasteiger partial charge on any atom is -0.411 e. The molecule has 3 aromatic rings. The number of benzene rings is 1. The lowest BCUT2D eigenvalue weighted by atomic mass is 9.87. The van der Waals surface area contributed by atoms with E-state index < -0.39 is 0 Å². The molecule has 2 N–H and O–H groups in total. The molecule has 0 aliphatic heterocycles. The Morgan fingerprint density at radius 3 is 2.42 bits per heavy atom. The van der Waals surface area contributed by atoms with Crippen molar-refractivity contribution in [3.8, 4) is 11.5 Å². The number of nitrogen functional groups attached to an aromatic ring is 1. The summed E-state index contributed by atoms with van der Waals surface area (Å²) >= 11 is 7.04. The van der Waals surface area contributed by atoms with Crippen LogP contribution in [0.15, 0.2) is 45.0 Å². The topological polar surface area (TPSA) is 90.7 Å². The second-order valence-corrected chi connectivity index (χ2v) is 7.55. The molecule has 124 valence electrons. The highest BCUT2D eigenvalue weighted by atomic mass is 35.5. The Bertz CT molecular complexity index is 837. The van der Waals surface area contributed by atoms with E-state index in [1.807, 2.05) is 12.1 Å².